The molecule has 0 aliphatic carbocycles. The van der Waals surface area contributed by atoms with Crippen LogP contribution in [0.1, 0.15) is 18.9 Å². The van der Waals surface area contributed by atoms with Gasteiger partial charge in [0.2, 0.25) is 0 Å². The van der Waals surface area contributed by atoms with E-state index in [0.717, 1.165) is 11.3 Å². The molecular formula is C13H18N2O3. The van der Waals surface area contributed by atoms with Crippen molar-refractivity contribution in [1.29, 1.82) is 0 Å². The number of rotatable bonds is 4. The van der Waals surface area contributed by atoms with Gasteiger partial charge in [-0.1, -0.05) is 24.6 Å². The molecule has 5 heteroatoms. The smallest absolute Gasteiger partial charge is 0.326 e. The van der Waals surface area contributed by atoms with E-state index in [4.69, 9.17) is 5.11 Å². The van der Waals surface area contributed by atoms with E-state index in [1.54, 1.807) is 14.0 Å². The largest absolute Gasteiger partial charge is 0.480 e. The van der Waals surface area contributed by atoms with Crippen LogP contribution in [0.25, 0.3) is 0 Å². The van der Waals surface area contributed by atoms with Crippen molar-refractivity contribution in [3.63, 3.8) is 0 Å². The van der Waals surface area contributed by atoms with Crippen molar-refractivity contribution in [2.75, 3.05) is 11.9 Å². The molecule has 0 aromatic heterocycles. The summed E-state index contributed by atoms with van der Waals surface area (Å²) in [6.45, 7) is 3.67. The van der Waals surface area contributed by atoms with E-state index < -0.39 is 18.0 Å². The number of aliphatic carboxylic acids is 1. The number of carbonyl (C=O) groups excluding carboxylic acids is 1. The molecule has 0 unspecified atom stereocenters. The molecule has 1 rings (SSSR count). The van der Waals surface area contributed by atoms with Crippen LogP contribution in [0.3, 0.4) is 0 Å². The van der Waals surface area contributed by atoms with E-state index in [1.807, 2.05) is 31.2 Å². The van der Waals surface area contributed by atoms with E-state index in [-0.39, 0.29) is 0 Å². The normalized spacial score (nSPS) is 11.7. The molecule has 1 aromatic rings. The van der Waals surface area contributed by atoms with Crippen molar-refractivity contribution >= 4 is 17.7 Å². The van der Waals surface area contributed by atoms with Gasteiger partial charge in [-0.15, -0.1) is 0 Å². The first-order valence-corrected chi connectivity index (χ1v) is 5.79. The standard InChI is InChI=1S/C13H18N2O3/c1-4-11(12(16)17)14-13(18)15(3)10-7-5-9(2)6-8-10/h5-8,11H,4H2,1-3H3,(H,14,18)(H,16,17)/t11-/m1/s1. The van der Waals surface area contributed by atoms with Gasteiger partial charge in [0.1, 0.15) is 6.04 Å². The second kappa shape index (κ2) is 6.05. The predicted octanol–water partition coefficient (Wildman–Crippen LogP) is 2.00. The van der Waals surface area contributed by atoms with Crippen LogP contribution in [-0.2, 0) is 4.79 Å². The predicted molar refractivity (Wildman–Crippen MR) is 69.8 cm³/mol. The van der Waals surface area contributed by atoms with E-state index in [1.165, 1.54) is 4.90 Å². The quantitative estimate of drug-likeness (QED) is 0.858. The van der Waals surface area contributed by atoms with Gasteiger partial charge in [-0.3, -0.25) is 4.90 Å². The number of hydrogen-bond acceptors (Lipinski definition) is 2. The van der Waals surface area contributed by atoms with Crippen LogP contribution < -0.4 is 10.2 Å². The summed E-state index contributed by atoms with van der Waals surface area (Å²) in [5.41, 5.74) is 1.82. The number of carboxylic acids is 1. The summed E-state index contributed by atoms with van der Waals surface area (Å²) in [5.74, 6) is -1.02. The SMILES string of the molecule is CC[C@@H](NC(=O)N(C)c1ccc(C)cc1)C(=O)O. The topological polar surface area (TPSA) is 69.6 Å². The van der Waals surface area contributed by atoms with Crippen LogP contribution in [0, 0.1) is 6.92 Å². The minimum atomic E-state index is -1.02. The second-order valence-corrected chi connectivity index (χ2v) is 4.14. The lowest BCUT2D eigenvalue weighted by atomic mass is 10.2. The summed E-state index contributed by atoms with van der Waals surface area (Å²) in [6.07, 6.45) is 0.350. The molecule has 0 spiro atoms. The molecule has 0 heterocycles. The number of carboxylic acid groups (broad SMARTS) is 1. The van der Waals surface area contributed by atoms with Gasteiger partial charge in [0, 0.05) is 12.7 Å². The molecule has 0 saturated heterocycles. The summed E-state index contributed by atoms with van der Waals surface area (Å²) in [7, 11) is 1.61. The Morgan fingerprint density at radius 3 is 2.33 bits per heavy atom. The first kappa shape index (κ1) is 14.0. The molecule has 2 N–H and O–H groups in total. The molecule has 0 bridgehead atoms. The molecule has 5 nitrogen and oxygen atoms in total. The second-order valence-electron chi connectivity index (χ2n) is 4.14. The van der Waals surface area contributed by atoms with Crippen LogP contribution >= 0.6 is 0 Å². The maximum Gasteiger partial charge on any atom is 0.326 e. The van der Waals surface area contributed by atoms with Gasteiger partial charge in [0.25, 0.3) is 0 Å². The molecule has 0 aliphatic heterocycles. The fourth-order valence-electron chi connectivity index (χ4n) is 1.47. The third-order valence-corrected chi connectivity index (χ3v) is 2.73. The minimum absolute atomic E-state index is 0.350. The Balaban J connectivity index is 2.72. The maximum atomic E-state index is 11.9. The zero-order chi connectivity index (χ0) is 13.7. The van der Waals surface area contributed by atoms with Crippen molar-refractivity contribution < 1.29 is 14.7 Å². The van der Waals surface area contributed by atoms with Gasteiger partial charge in [-0.2, -0.15) is 0 Å². The summed E-state index contributed by atoms with van der Waals surface area (Å²) in [6, 6.07) is 6.15. The third kappa shape index (κ3) is 3.48. The lowest BCUT2D eigenvalue weighted by molar-refractivity contribution is -0.139. The molecule has 0 saturated carbocycles. The molecule has 1 aromatic carbocycles. The first-order valence-electron chi connectivity index (χ1n) is 5.79. The van der Waals surface area contributed by atoms with E-state index >= 15 is 0 Å². The molecule has 2 amide bonds. The average molecular weight is 250 g/mol. The maximum absolute atomic E-state index is 11.9. The summed E-state index contributed by atoms with van der Waals surface area (Å²) in [4.78, 5) is 24.1. The molecule has 0 radical (unpaired) electrons. The molecule has 1 atom stereocenters. The Morgan fingerprint density at radius 1 is 1.33 bits per heavy atom. The van der Waals surface area contributed by atoms with Gasteiger partial charge in [0.15, 0.2) is 0 Å². The summed E-state index contributed by atoms with van der Waals surface area (Å²) in [5, 5.41) is 11.3. The molecular weight excluding hydrogens is 232 g/mol. The number of amides is 2. The van der Waals surface area contributed by atoms with Gasteiger partial charge in [-0.05, 0) is 25.5 Å². The number of nitrogens with one attached hydrogen (secondary N) is 1. The van der Waals surface area contributed by atoms with Crippen molar-refractivity contribution in [2.24, 2.45) is 0 Å². The highest BCUT2D eigenvalue weighted by Gasteiger charge is 2.20. The molecule has 98 valence electrons. The highest BCUT2D eigenvalue weighted by atomic mass is 16.4. The van der Waals surface area contributed by atoms with Gasteiger partial charge in [0.05, 0.1) is 0 Å². The van der Waals surface area contributed by atoms with E-state index in [2.05, 4.69) is 5.32 Å². The number of urea groups is 1. The molecule has 0 fully saturated rings. The van der Waals surface area contributed by atoms with Crippen LogP contribution in [0.2, 0.25) is 0 Å². The fraction of sp³-hybridized carbons (Fsp3) is 0.385. The lowest BCUT2D eigenvalue weighted by Crippen LogP contribution is -2.46. The lowest BCUT2D eigenvalue weighted by Gasteiger charge is -2.21. The highest BCUT2D eigenvalue weighted by molar-refractivity contribution is 5.93. The van der Waals surface area contributed by atoms with Gasteiger partial charge in [-0.25, -0.2) is 9.59 Å². The monoisotopic (exact) mass is 250 g/mol. The summed E-state index contributed by atoms with van der Waals surface area (Å²) >= 11 is 0. The zero-order valence-corrected chi connectivity index (χ0v) is 10.8. The molecule has 18 heavy (non-hydrogen) atoms. The van der Waals surface area contributed by atoms with E-state index in [0.29, 0.717) is 6.42 Å². The van der Waals surface area contributed by atoms with Crippen LogP contribution in [0.5, 0.6) is 0 Å². The Morgan fingerprint density at radius 2 is 1.89 bits per heavy atom. The van der Waals surface area contributed by atoms with Gasteiger partial charge >= 0.3 is 12.0 Å². The Hall–Kier alpha value is -2.04. The van der Waals surface area contributed by atoms with Crippen LogP contribution in [-0.4, -0.2) is 30.2 Å². The number of hydrogen-bond donors (Lipinski definition) is 2. The number of aryl methyl sites for hydroxylation is 1. The van der Waals surface area contributed by atoms with Crippen LogP contribution in [0.4, 0.5) is 10.5 Å². The van der Waals surface area contributed by atoms with Crippen LogP contribution in [0.15, 0.2) is 24.3 Å². The van der Waals surface area contributed by atoms with Gasteiger partial charge < -0.3 is 10.4 Å². The Bertz CT molecular complexity index is 428. The van der Waals surface area contributed by atoms with Crippen molar-refractivity contribution in [1.82, 2.24) is 5.32 Å². The first-order chi connectivity index (χ1) is 8.45. The third-order valence-electron chi connectivity index (χ3n) is 2.73. The number of carbonyl (C=O) groups is 2. The highest BCUT2D eigenvalue weighted by Crippen LogP contribution is 2.13. The summed E-state index contributed by atoms with van der Waals surface area (Å²) < 4.78 is 0. The zero-order valence-electron chi connectivity index (χ0n) is 10.8. The Labute approximate surface area is 106 Å². The number of nitrogens with zero attached hydrogens (tertiary/aromatic N) is 1. The van der Waals surface area contributed by atoms with Crippen molar-refractivity contribution in [3.05, 3.63) is 29.8 Å². The Kier molecular flexibility index (Phi) is 4.71. The minimum Gasteiger partial charge on any atom is -0.480 e. The van der Waals surface area contributed by atoms with Crippen molar-refractivity contribution in [3.8, 4) is 0 Å². The fourth-order valence-corrected chi connectivity index (χ4v) is 1.47. The number of anilines is 1. The number of benzene rings is 1. The van der Waals surface area contributed by atoms with E-state index in [9.17, 15) is 9.59 Å². The molecule has 0 aliphatic rings. The average Bonchev–Trinajstić information content (AvgIpc) is 2.35. The van der Waals surface area contributed by atoms with Crippen molar-refractivity contribution in [2.45, 2.75) is 26.3 Å².